The Balaban J connectivity index is 1.42. The molecule has 9 atom stereocenters. The minimum absolute atomic E-state index is 0.0531. The third-order valence-electron chi connectivity index (χ3n) is 11.3. The second-order valence-corrected chi connectivity index (χ2v) is 15.0. The zero-order valence-corrected chi connectivity index (χ0v) is 25.2. The van der Waals surface area contributed by atoms with Crippen LogP contribution in [-0.4, -0.2) is 16.9 Å². The molecule has 0 unspecified atom stereocenters. The molecule has 0 aromatic rings. The molecule has 4 aliphatic carbocycles. The number of alkyl halides is 1. The summed E-state index contributed by atoms with van der Waals surface area (Å²) in [4.78, 5) is 12.4. The van der Waals surface area contributed by atoms with Gasteiger partial charge in [-0.15, -0.1) is 0 Å². The van der Waals surface area contributed by atoms with E-state index in [1.54, 1.807) is 5.57 Å². The quantitative estimate of drug-likeness (QED) is 0.163. The van der Waals surface area contributed by atoms with Gasteiger partial charge >= 0.3 is 5.97 Å². The second-order valence-electron chi connectivity index (χ2n) is 13.8. The number of rotatable bonds is 9. The van der Waals surface area contributed by atoms with Crippen LogP contribution in [0.4, 0.5) is 0 Å². The van der Waals surface area contributed by atoms with Gasteiger partial charge in [0.2, 0.25) is 0 Å². The molecule has 3 heteroatoms. The molecule has 0 amide bonds. The zero-order chi connectivity index (χ0) is 25.4. The Kier molecular flexibility index (Phi) is 8.87. The van der Waals surface area contributed by atoms with Crippen molar-refractivity contribution >= 4 is 21.9 Å². The number of hydrogen-bond donors (Lipinski definition) is 0. The molecular formula is C32H53BrO2. The van der Waals surface area contributed by atoms with Crippen LogP contribution in [-0.2, 0) is 9.53 Å². The maximum Gasteiger partial charge on any atom is 0.320 e. The summed E-state index contributed by atoms with van der Waals surface area (Å²) < 4.78 is 5.98. The van der Waals surface area contributed by atoms with E-state index in [9.17, 15) is 4.79 Å². The van der Waals surface area contributed by atoms with Gasteiger partial charge < -0.3 is 4.74 Å². The second kappa shape index (κ2) is 11.2. The molecule has 0 aromatic heterocycles. The van der Waals surface area contributed by atoms with E-state index in [-0.39, 0.29) is 16.9 Å². The van der Waals surface area contributed by atoms with E-state index >= 15 is 0 Å². The van der Waals surface area contributed by atoms with E-state index in [0.29, 0.717) is 10.8 Å². The predicted octanol–water partition coefficient (Wildman–Crippen LogP) is 9.50. The standard InChI is InChI=1S/C32H53BrO2/c1-7-9-29(33)30(34)35-24-16-18-31(5)23(20-24)12-13-25-27-15-14-26(22(4)11-8-10-21(2)3)32(27,6)19-17-28(25)31/h12,21-22,24-29H,7-11,13-20H2,1-6H3/t22-,24+,25+,26-,27-,28-,29-,31+,32-/m1/s1. The van der Waals surface area contributed by atoms with E-state index < -0.39 is 0 Å². The van der Waals surface area contributed by atoms with Crippen molar-refractivity contribution in [2.45, 2.75) is 136 Å². The summed E-state index contributed by atoms with van der Waals surface area (Å²) in [6.07, 6.45) is 19.0. The Morgan fingerprint density at radius 2 is 1.83 bits per heavy atom. The van der Waals surface area contributed by atoms with Gasteiger partial charge in [0.1, 0.15) is 10.9 Å². The van der Waals surface area contributed by atoms with E-state index in [0.717, 1.165) is 61.2 Å². The van der Waals surface area contributed by atoms with Crippen molar-refractivity contribution in [2.24, 2.45) is 46.3 Å². The maximum atomic E-state index is 12.5. The van der Waals surface area contributed by atoms with Crippen molar-refractivity contribution in [3.63, 3.8) is 0 Å². The summed E-state index contributed by atoms with van der Waals surface area (Å²) in [5.74, 6) is 5.19. The number of fused-ring (bicyclic) bond motifs is 5. The average molecular weight is 550 g/mol. The van der Waals surface area contributed by atoms with Crippen molar-refractivity contribution in [3.8, 4) is 0 Å². The largest absolute Gasteiger partial charge is 0.461 e. The van der Waals surface area contributed by atoms with Crippen molar-refractivity contribution in [1.82, 2.24) is 0 Å². The van der Waals surface area contributed by atoms with Gasteiger partial charge in [-0.05, 0) is 97.7 Å². The van der Waals surface area contributed by atoms with Crippen LogP contribution in [0.5, 0.6) is 0 Å². The predicted molar refractivity (Wildman–Crippen MR) is 151 cm³/mol. The van der Waals surface area contributed by atoms with Crippen LogP contribution < -0.4 is 0 Å². The lowest BCUT2D eigenvalue weighted by Crippen LogP contribution is -2.51. The Labute approximate surface area is 224 Å². The molecule has 0 bridgehead atoms. The van der Waals surface area contributed by atoms with Gasteiger partial charge in [-0.2, -0.15) is 0 Å². The van der Waals surface area contributed by atoms with Gasteiger partial charge in [0.15, 0.2) is 0 Å². The SMILES string of the molecule is CCC[C@@H](Br)C(=O)O[C@H]1CC[C@@]2(C)C(=CC[C@H]3[C@H]4CC[C@H]([C@H](C)CCCC(C)C)[C@@]4(C)CC[C@H]32)C1. The Bertz CT molecular complexity index is 774. The van der Waals surface area contributed by atoms with Crippen LogP contribution in [0.15, 0.2) is 11.6 Å². The molecule has 0 aromatic carbocycles. The summed E-state index contributed by atoms with van der Waals surface area (Å²) in [5, 5.41) is 0. The Hall–Kier alpha value is -0.310. The lowest BCUT2D eigenvalue weighted by atomic mass is 9.47. The van der Waals surface area contributed by atoms with Crippen LogP contribution in [0.2, 0.25) is 0 Å². The normalized spacial score (nSPS) is 40.3. The smallest absolute Gasteiger partial charge is 0.320 e. The number of ether oxygens (including phenoxy) is 1. The highest BCUT2D eigenvalue weighted by atomic mass is 79.9. The van der Waals surface area contributed by atoms with Crippen LogP contribution in [0.1, 0.15) is 125 Å². The van der Waals surface area contributed by atoms with E-state index in [1.165, 1.54) is 57.8 Å². The molecule has 4 aliphatic rings. The summed E-state index contributed by atoms with van der Waals surface area (Å²) in [6.45, 7) is 14.7. The topological polar surface area (TPSA) is 26.3 Å². The molecule has 3 fully saturated rings. The highest BCUT2D eigenvalue weighted by molar-refractivity contribution is 9.10. The van der Waals surface area contributed by atoms with Gasteiger partial charge in [0.25, 0.3) is 0 Å². The maximum absolute atomic E-state index is 12.5. The van der Waals surface area contributed by atoms with Crippen LogP contribution in [0.3, 0.4) is 0 Å². The number of hydrogen-bond acceptors (Lipinski definition) is 2. The first-order valence-corrected chi connectivity index (χ1v) is 16.1. The molecule has 0 spiro atoms. The van der Waals surface area contributed by atoms with Gasteiger partial charge in [-0.1, -0.05) is 94.8 Å². The third-order valence-corrected chi connectivity index (χ3v) is 12.2. The third kappa shape index (κ3) is 5.46. The first kappa shape index (κ1) is 27.7. The molecule has 0 N–H and O–H groups in total. The molecule has 3 saturated carbocycles. The molecule has 4 rings (SSSR count). The fraction of sp³-hybridized carbons (Fsp3) is 0.906. The van der Waals surface area contributed by atoms with Gasteiger partial charge in [0, 0.05) is 6.42 Å². The van der Waals surface area contributed by atoms with Crippen molar-refractivity contribution in [1.29, 1.82) is 0 Å². The first-order chi connectivity index (χ1) is 16.6. The summed E-state index contributed by atoms with van der Waals surface area (Å²) in [5.41, 5.74) is 2.49. The molecule has 0 aliphatic heterocycles. The van der Waals surface area contributed by atoms with Crippen molar-refractivity contribution < 1.29 is 9.53 Å². The minimum Gasteiger partial charge on any atom is -0.461 e. The van der Waals surface area contributed by atoms with Gasteiger partial charge in [-0.3, -0.25) is 4.79 Å². The van der Waals surface area contributed by atoms with Crippen LogP contribution in [0, 0.1) is 46.3 Å². The molecule has 35 heavy (non-hydrogen) atoms. The number of halogens is 1. The molecule has 0 saturated heterocycles. The zero-order valence-electron chi connectivity index (χ0n) is 23.6. The fourth-order valence-electron chi connectivity index (χ4n) is 9.36. The monoisotopic (exact) mass is 548 g/mol. The van der Waals surface area contributed by atoms with Crippen LogP contribution in [0.25, 0.3) is 0 Å². The molecule has 0 radical (unpaired) electrons. The lowest BCUT2D eigenvalue weighted by Gasteiger charge is -2.58. The van der Waals surface area contributed by atoms with Gasteiger partial charge in [-0.25, -0.2) is 0 Å². The Morgan fingerprint density at radius 1 is 1.06 bits per heavy atom. The molecule has 200 valence electrons. The van der Waals surface area contributed by atoms with Gasteiger partial charge in [0.05, 0.1) is 0 Å². The molecular weight excluding hydrogens is 496 g/mol. The first-order valence-electron chi connectivity index (χ1n) is 15.1. The number of allylic oxidation sites excluding steroid dienone is 1. The highest BCUT2D eigenvalue weighted by Crippen LogP contribution is 2.67. The van der Waals surface area contributed by atoms with E-state index in [4.69, 9.17) is 4.74 Å². The van der Waals surface area contributed by atoms with E-state index in [2.05, 4.69) is 63.5 Å². The molecule has 2 nitrogen and oxygen atoms in total. The summed E-state index contributed by atoms with van der Waals surface area (Å²) in [6, 6.07) is 0. The van der Waals surface area contributed by atoms with Crippen molar-refractivity contribution in [3.05, 3.63) is 11.6 Å². The highest BCUT2D eigenvalue weighted by Gasteiger charge is 2.59. The Morgan fingerprint density at radius 3 is 2.54 bits per heavy atom. The summed E-state index contributed by atoms with van der Waals surface area (Å²) >= 11 is 3.53. The van der Waals surface area contributed by atoms with E-state index in [1.807, 2.05) is 0 Å². The number of carbonyl (C=O) groups is 1. The van der Waals surface area contributed by atoms with Crippen LogP contribution >= 0.6 is 15.9 Å². The van der Waals surface area contributed by atoms with Crippen molar-refractivity contribution in [2.75, 3.05) is 0 Å². The molecule has 0 heterocycles. The summed E-state index contributed by atoms with van der Waals surface area (Å²) in [7, 11) is 0. The fourth-order valence-corrected chi connectivity index (χ4v) is 9.93. The number of esters is 1. The number of carbonyl (C=O) groups excluding carboxylic acids is 1. The average Bonchev–Trinajstić information content (AvgIpc) is 3.16. The minimum atomic E-state index is -0.148. The lowest BCUT2D eigenvalue weighted by molar-refractivity contribution is -0.150.